The van der Waals surface area contributed by atoms with Crippen LogP contribution in [0, 0.1) is 13.8 Å². The van der Waals surface area contributed by atoms with Crippen LogP contribution in [-0.2, 0) is 12.8 Å². The molecule has 1 N–H and O–H groups in total. The Morgan fingerprint density at radius 3 is 2.53 bits per heavy atom. The van der Waals surface area contributed by atoms with Gasteiger partial charge in [-0.15, -0.1) is 0 Å². The largest absolute Gasteiger partial charge is 0.385 e. The predicted octanol–water partition coefficient (Wildman–Crippen LogP) is 4.25. The quantitative estimate of drug-likeness (QED) is 0.841. The van der Waals surface area contributed by atoms with Crippen molar-refractivity contribution in [3.8, 4) is 0 Å². The molecule has 0 saturated heterocycles. The minimum Gasteiger partial charge on any atom is -0.385 e. The number of rotatable bonds is 2. The van der Waals surface area contributed by atoms with Gasteiger partial charge < -0.3 is 5.32 Å². The highest BCUT2D eigenvalue weighted by Crippen LogP contribution is 2.29. The van der Waals surface area contributed by atoms with Crippen LogP contribution in [0.15, 0.2) is 36.4 Å². The molecule has 0 unspecified atom stereocenters. The summed E-state index contributed by atoms with van der Waals surface area (Å²) in [6, 6.07) is 13.3. The van der Waals surface area contributed by atoms with Gasteiger partial charge in [0.2, 0.25) is 0 Å². The lowest BCUT2D eigenvalue weighted by Crippen LogP contribution is -2.14. The van der Waals surface area contributed by atoms with E-state index < -0.39 is 0 Å². The minimum atomic E-state index is 1.04. The Bertz CT molecular complexity index is 578. The van der Waals surface area contributed by atoms with Gasteiger partial charge in [-0.05, 0) is 54.5 Å². The lowest BCUT2D eigenvalue weighted by molar-refractivity contribution is 0.825. The molecule has 0 spiro atoms. The summed E-state index contributed by atoms with van der Waals surface area (Å²) < 4.78 is 0. The molecule has 0 radical (unpaired) electrons. The first-order valence-corrected chi connectivity index (χ1v) is 7.15. The zero-order valence-corrected chi connectivity index (χ0v) is 11.8. The molecule has 1 aliphatic rings. The molecule has 19 heavy (non-hydrogen) atoms. The minimum absolute atomic E-state index is 1.04. The second-order valence-corrected chi connectivity index (χ2v) is 5.53. The normalized spacial score (nSPS) is 13.8. The van der Waals surface area contributed by atoms with Crippen LogP contribution >= 0.6 is 0 Å². The number of hydrogen-bond acceptors (Lipinski definition) is 1. The standard InChI is InChI=1S/C18H21N/c1-13-6-3-7-14(2)17(13)12-16-9-4-8-15-10-5-11-19-18(15)16/h3-4,6-9,19H,5,10-12H2,1-2H3. The predicted molar refractivity (Wildman–Crippen MR) is 82.0 cm³/mol. The molecule has 1 heterocycles. The molecule has 0 fully saturated rings. The molecule has 2 aromatic rings. The molecule has 0 amide bonds. The van der Waals surface area contributed by atoms with Gasteiger partial charge in [0.05, 0.1) is 0 Å². The topological polar surface area (TPSA) is 12.0 Å². The molecule has 1 heteroatoms. The van der Waals surface area contributed by atoms with Crippen molar-refractivity contribution in [3.05, 3.63) is 64.2 Å². The molecule has 1 nitrogen and oxygen atoms in total. The Kier molecular flexibility index (Phi) is 3.29. The van der Waals surface area contributed by atoms with Crippen LogP contribution in [0.5, 0.6) is 0 Å². The molecule has 2 aromatic carbocycles. The van der Waals surface area contributed by atoms with E-state index in [0.29, 0.717) is 0 Å². The Morgan fingerprint density at radius 1 is 1.00 bits per heavy atom. The van der Waals surface area contributed by atoms with Gasteiger partial charge in [0.25, 0.3) is 0 Å². The van der Waals surface area contributed by atoms with Gasteiger partial charge in [-0.3, -0.25) is 0 Å². The third kappa shape index (κ3) is 2.37. The molecule has 3 rings (SSSR count). The van der Waals surface area contributed by atoms with Crippen molar-refractivity contribution in [2.24, 2.45) is 0 Å². The lowest BCUT2D eigenvalue weighted by atomic mass is 9.92. The second-order valence-electron chi connectivity index (χ2n) is 5.53. The van der Waals surface area contributed by atoms with Gasteiger partial charge in [0, 0.05) is 18.7 Å². The molecular weight excluding hydrogens is 230 g/mol. The Labute approximate surface area is 115 Å². The molecule has 0 atom stereocenters. The first-order chi connectivity index (χ1) is 9.25. The first-order valence-electron chi connectivity index (χ1n) is 7.15. The number of fused-ring (bicyclic) bond motifs is 1. The van der Waals surface area contributed by atoms with Crippen LogP contribution in [0.3, 0.4) is 0 Å². The molecular formula is C18H21N. The van der Waals surface area contributed by atoms with E-state index in [9.17, 15) is 0 Å². The maximum absolute atomic E-state index is 3.59. The fraction of sp³-hybridized carbons (Fsp3) is 0.333. The number of para-hydroxylation sites is 1. The Morgan fingerprint density at radius 2 is 1.74 bits per heavy atom. The van der Waals surface area contributed by atoms with Crippen LogP contribution in [0.2, 0.25) is 0 Å². The van der Waals surface area contributed by atoms with E-state index in [-0.39, 0.29) is 0 Å². The third-order valence-electron chi connectivity index (χ3n) is 4.17. The summed E-state index contributed by atoms with van der Waals surface area (Å²) in [5.41, 5.74) is 8.58. The van der Waals surface area contributed by atoms with Gasteiger partial charge in [-0.2, -0.15) is 0 Å². The molecule has 0 saturated carbocycles. The van der Waals surface area contributed by atoms with Crippen molar-refractivity contribution in [1.82, 2.24) is 0 Å². The highest BCUT2D eigenvalue weighted by atomic mass is 14.9. The summed E-state index contributed by atoms with van der Waals surface area (Å²) in [6.07, 6.45) is 3.50. The van der Waals surface area contributed by atoms with Gasteiger partial charge in [-0.25, -0.2) is 0 Å². The van der Waals surface area contributed by atoms with Crippen LogP contribution < -0.4 is 5.32 Å². The summed E-state index contributed by atoms with van der Waals surface area (Å²) in [5.74, 6) is 0. The van der Waals surface area contributed by atoms with E-state index in [4.69, 9.17) is 0 Å². The van der Waals surface area contributed by atoms with Crippen molar-refractivity contribution < 1.29 is 0 Å². The number of anilines is 1. The highest BCUT2D eigenvalue weighted by Gasteiger charge is 2.13. The number of aryl methyl sites for hydroxylation is 3. The van der Waals surface area contributed by atoms with Gasteiger partial charge in [-0.1, -0.05) is 36.4 Å². The lowest BCUT2D eigenvalue weighted by Gasteiger charge is -2.22. The molecule has 0 aliphatic carbocycles. The van der Waals surface area contributed by atoms with Crippen LogP contribution in [0.1, 0.15) is 34.2 Å². The van der Waals surface area contributed by atoms with Crippen molar-refractivity contribution in [1.29, 1.82) is 0 Å². The smallest absolute Gasteiger partial charge is 0.0408 e. The average Bonchev–Trinajstić information content (AvgIpc) is 2.43. The van der Waals surface area contributed by atoms with E-state index >= 15 is 0 Å². The van der Waals surface area contributed by atoms with Crippen molar-refractivity contribution in [3.63, 3.8) is 0 Å². The SMILES string of the molecule is Cc1cccc(C)c1Cc1cccc2c1NCCC2. The van der Waals surface area contributed by atoms with Crippen molar-refractivity contribution >= 4 is 5.69 Å². The molecule has 0 aromatic heterocycles. The molecule has 98 valence electrons. The fourth-order valence-electron chi connectivity index (χ4n) is 3.05. The highest BCUT2D eigenvalue weighted by molar-refractivity contribution is 5.60. The van der Waals surface area contributed by atoms with Crippen molar-refractivity contribution in [2.75, 3.05) is 11.9 Å². The number of benzene rings is 2. The maximum Gasteiger partial charge on any atom is 0.0408 e. The Hall–Kier alpha value is -1.76. The molecule has 1 aliphatic heterocycles. The van der Waals surface area contributed by atoms with Crippen molar-refractivity contribution in [2.45, 2.75) is 33.1 Å². The third-order valence-corrected chi connectivity index (χ3v) is 4.17. The monoisotopic (exact) mass is 251 g/mol. The molecule has 0 bridgehead atoms. The van der Waals surface area contributed by atoms with Crippen LogP contribution in [0.25, 0.3) is 0 Å². The summed E-state index contributed by atoms with van der Waals surface area (Å²) in [5, 5.41) is 3.59. The van der Waals surface area contributed by atoms with E-state index in [1.807, 2.05) is 0 Å². The first kappa shape index (κ1) is 12.3. The summed E-state index contributed by atoms with van der Waals surface area (Å²) in [6.45, 7) is 5.53. The number of nitrogens with one attached hydrogen (secondary N) is 1. The maximum atomic E-state index is 3.59. The van der Waals surface area contributed by atoms with Gasteiger partial charge in [0.1, 0.15) is 0 Å². The number of hydrogen-bond donors (Lipinski definition) is 1. The zero-order valence-electron chi connectivity index (χ0n) is 11.8. The van der Waals surface area contributed by atoms with Crippen LogP contribution in [0.4, 0.5) is 5.69 Å². The fourth-order valence-corrected chi connectivity index (χ4v) is 3.05. The summed E-state index contributed by atoms with van der Waals surface area (Å²) in [4.78, 5) is 0. The zero-order chi connectivity index (χ0) is 13.2. The van der Waals surface area contributed by atoms with Gasteiger partial charge >= 0.3 is 0 Å². The van der Waals surface area contributed by atoms with E-state index in [1.54, 1.807) is 0 Å². The average molecular weight is 251 g/mol. The second kappa shape index (κ2) is 5.08. The summed E-state index contributed by atoms with van der Waals surface area (Å²) >= 11 is 0. The van der Waals surface area contributed by atoms with Gasteiger partial charge in [0.15, 0.2) is 0 Å². The van der Waals surface area contributed by atoms with E-state index in [2.05, 4.69) is 55.6 Å². The van der Waals surface area contributed by atoms with Crippen LogP contribution in [-0.4, -0.2) is 6.54 Å². The Balaban J connectivity index is 2.00. The van der Waals surface area contributed by atoms with E-state index in [0.717, 1.165) is 13.0 Å². The summed E-state index contributed by atoms with van der Waals surface area (Å²) in [7, 11) is 0. The van der Waals surface area contributed by atoms with E-state index in [1.165, 1.54) is 46.3 Å².